The zero-order chi connectivity index (χ0) is 15.0. The fourth-order valence-corrected chi connectivity index (χ4v) is 2.43. The first-order valence-corrected chi connectivity index (χ1v) is 7.74. The van der Waals surface area contributed by atoms with Gasteiger partial charge in [-0.3, -0.25) is 0 Å². The SMILES string of the molecule is CC(C)(C)OC(=O)NCCCNCC1CCCCC1O. The minimum Gasteiger partial charge on any atom is -0.444 e. The summed E-state index contributed by atoms with van der Waals surface area (Å²) >= 11 is 0. The van der Waals surface area contributed by atoms with Gasteiger partial charge < -0.3 is 20.5 Å². The van der Waals surface area contributed by atoms with Crippen LogP contribution in [-0.4, -0.2) is 42.5 Å². The van der Waals surface area contributed by atoms with Crippen LogP contribution < -0.4 is 10.6 Å². The molecule has 0 aromatic rings. The number of ether oxygens (including phenoxy) is 1. The van der Waals surface area contributed by atoms with Crippen molar-refractivity contribution in [2.24, 2.45) is 5.92 Å². The van der Waals surface area contributed by atoms with Crippen LogP contribution in [0.25, 0.3) is 0 Å². The smallest absolute Gasteiger partial charge is 0.407 e. The maximum Gasteiger partial charge on any atom is 0.407 e. The number of carbonyl (C=O) groups is 1. The Labute approximate surface area is 122 Å². The third-order valence-electron chi connectivity index (χ3n) is 3.47. The molecule has 0 spiro atoms. The lowest BCUT2D eigenvalue weighted by Gasteiger charge is -2.27. The molecule has 3 N–H and O–H groups in total. The zero-order valence-corrected chi connectivity index (χ0v) is 13.1. The van der Waals surface area contributed by atoms with Crippen LogP contribution in [0.2, 0.25) is 0 Å². The lowest BCUT2D eigenvalue weighted by atomic mass is 9.86. The Kier molecular flexibility index (Phi) is 7.30. The molecule has 0 aromatic carbocycles. The predicted molar refractivity (Wildman–Crippen MR) is 79.7 cm³/mol. The average Bonchev–Trinajstić information content (AvgIpc) is 2.33. The average molecular weight is 286 g/mol. The van der Waals surface area contributed by atoms with Gasteiger partial charge in [0, 0.05) is 13.1 Å². The van der Waals surface area contributed by atoms with Crippen LogP contribution in [0, 0.1) is 5.92 Å². The van der Waals surface area contributed by atoms with Gasteiger partial charge >= 0.3 is 6.09 Å². The predicted octanol–water partition coefficient (Wildman–Crippen LogP) is 2.04. The third-order valence-corrected chi connectivity index (χ3v) is 3.47. The fraction of sp³-hybridized carbons (Fsp3) is 0.933. The summed E-state index contributed by atoms with van der Waals surface area (Å²) in [6.07, 6.45) is 4.79. The molecule has 0 aliphatic heterocycles. The molecule has 1 fully saturated rings. The van der Waals surface area contributed by atoms with Crippen LogP contribution in [0.3, 0.4) is 0 Å². The molecule has 5 nitrogen and oxygen atoms in total. The number of rotatable bonds is 6. The summed E-state index contributed by atoms with van der Waals surface area (Å²) in [5.74, 6) is 0.391. The van der Waals surface area contributed by atoms with Crippen molar-refractivity contribution in [3.63, 3.8) is 0 Å². The summed E-state index contributed by atoms with van der Waals surface area (Å²) in [5.41, 5.74) is -0.445. The minimum absolute atomic E-state index is 0.142. The van der Waals surface area contributed by atoms with Gasteiger partial charge in [-0.2, -0.15) is 0 Å². The molecule has 1 aliphatic rings. The Balaban J connectivity index is 1.98. The van der Waals surface area contributed by atoms with E-state index in [1.165, 1.54) is 6.42 Å². The Bertz CT molecular complexity index is 289. The first-order chi connectivity index (χ1) is 9.38. The molecule has 118 valence electrons. The second-order valence-corrected chi connectivity index (χ2v) is 6.60. The maximum absolute atomic E-state index is 11.4. The van der Waals surface area contributed by atoms with E-state index in [2.05, 4.69) is 10.6 Å². The molecule has 1 rings (SSSR count). The highest BCUT2D eigenvalue weighted by Crippen LogP contribution is 2.23. The Morgan fingerprint density at radius 2 is 1.95 bits per heavy atom. The largest absolute Gasteiger partial charge is 0.444 e. The van der Waals surface area contributed by atoms with Crippen molar-refractivity contribution in [1.29, 1.82) is 0 Å². The van der Waals surface area contributed by atoms with Crippen molar-refractivity contribution in [2.75, 3.05) is 19.6 Å². The highest BCUT2D eigenvalue weighted by Gasteiger charge is 2.22. The van der Waals surface area contributed by atoms with E-state index in [1.54, 1.807) is 0 Å². The molecule has 1 amide bonds. The van der Waals surface area contributed by atoms with Gasteiger partial charge in [0.25, 0.3) is 0 Å². The summed E-state index contributed by atoms with van der Waals surface area (Å²) in [6.45, 7) is 7.87. The summed E-state index contributed by atoms with van der Waals surface area (Å²) in [7, 11) is 0. The Morgan fingerprint density at radius 1 is 1.25 bits per heavy atom. The van der Waals surface area contributed by atoms with Gasteiger partial charge in [-0.25, -0.2) is 4.79 Å². The van der Waals surface area contributed by atoms with Crippen LogP contribution >= 0.6 is 0 Å². The number of hydrogen-bond acceptors (Lipinski definition) is 4. The van der Waals surface area contributed by atoms with Gasteiger partial charge in [0.05, 0.1) is 6.10 Å². The molecule has 0 bridgehead atoms. The standard InChI is InChI=1S/C15H30N2O3/c1-15(2,3)20-14(19)17-10-6-9-16-11-12-7-4-5-8-13(12)18/h12-13,16,18H,4-11H2,1-3H3,(H,17,19). The molecular formula is C15H30N2O3. The first-order valence-electron chi connectivity index (χ1n) is 7.74. The van der Waals surface area contributed by atoms with Gasteiger partial charge in [-0.1, -0.05) is 12.8 Å². The number of nitrogens with one attached hydrogen (secondary N) is 2. The lowest BCUT2D eigenvalue weighted by molar-refractivity contribution is 0.0527. The second kappa shape index (κ2) is 8.47. The number of aliphatic hydroxyl groups is 1. The fourth-order valence-electron chi connectivity index (χ4n) is 2.43. The minimum atomic E-state index is -0.445. The molecule has 0 saturated heterocycles. The van der Waals surface area contributed by atoms with Crippen molar-refractivity contribution in [3.05, 3.63) is 0 Å². The van der Waals surface area contributed by atoms with Crippen molar-refractivity contribution >= 4 is 6.09 Å². The van der Waals surface area contributed by atoms with E-state index in [4.69, 9.17) is 4.74 Å². The second-order valence-electron chi connectivity index (χ2n) is 6.60. The van der Waals surface area contributed by atoms with Crippen LogP contribution in [0.15, 0.2) is 0 Å². The molecule has 2 unspecified atom stereocenters. The molecule has 0 aromatic heterocycles. The Hall–Kier alpha value is -0.810. The van der Waals surface area contributed by atoms with E-state index in [0.717, 1.165) is 38.8 Å². The number of aliphatic hydroxyl groups excluding tert-OH is 1. The summed E-state index contributed by atoms with van der Waals surface area (Å²) in [6, 6.07) is 0. The van der Waals surface area contributed by atoms with Gasteiger partial charge in [-0.05, 0) is 52.5 Å². The van der Waals surface area contributed by atoms with E-state index in [0.29, 0.717) is 12.5 Å². The number of alkyl carbamates (subject to hydrolysis) is 1. The van der Waals surface area contributed by atoms with Gasteiger partial charge in [0.15, 0.2) is 0 Å². The highest BCUT2D eigenvalue weighted by atomic mass is 16.6. The Morgan fingerprint density at radius 3 is 2.60 bits per heavy atom. The van der Waals surface area contributed by atoms with Gasteiger partial charge in [0.1, 0.15) is 5.60 Å². The van der Waals surface area contributed by atoms with E-state index >= 15 is 0 Å². The monoisotopic (exact) mass is 286 g/mol. The quantitative estimate of drug-likeness (QED) is 0.654. The molecule has 5 heteroatoms. The van der Waals surface area contributed by atoms with E-state index in [9.17, 15) is 9.90 Å². The number of amides is 1. The van der Waals surface area contributed by atoms with Crippen LogP contribution in [-0.2, 0) is 4.74 Å². The maximum atomic E-state index is 11.4. The topological polar surface area (TPSA) is 70.6 Å². The van der Waals surface area contributed by atoms with Crippen LogP contribution in [0.4, 0.5) is 4.79 Å². The summed E-state index contributed by atoms with van der Waals surface area (Å²) in [4.78, 5) is 11.4. The van der Waals surface area contributed by atoms with Crippen LogP contribution in [0.5, 0.6) is 0 Å². The summed E-state index contributed by atoms with van der Waals surface area (Å²) < 4.78 is 5.15. The van der Waals surface area contributed by atoms with Crippen molar-refractivity contribution < 1.29 is 14.6 Å². The van der Waals surface area contributed by atoms with Crippen LogP contribution in [0.1, 0.15) is 52.9 Å². The van der Waals surface area contributed by atoms with Crippen molar-refractivity contribution in [3.8, 4) is 0 Å². The molecule has 0 radical (unpaired) electrons. The zero-order valence-electron chi connectivity index (χ0n) is 13.1. The normalized spacial score (nSPS) is 23.4. The van der Waals surface area contributed by atoms with E-state index < -0.39 is 5.60 Å². The molecular weight excluding hydrogens is 256 g/mol. The lowest BCUT2D eigenvalue weighted by Crippen LogP contribution is -2.36. The molecule has 20 heavy (non-hydrogen) atoms. The summed E-state index contributed by atoms with van der Waals surface area (Å²) in [5, 5.41) is 15.9. The van der Waals surface area contributed by atoms with Crippen molar-refractivity contribution in [2.45, 2.75) is 64.6 Å². The third kappa shape index (κ3) is 7.70. The van der Waals surface area contributed by atoms with Crippen molar-refractivity contribution in [1.82, 2.24) is 10.6 Å². The van der Waals surface area contributed by atoms with Gasteiger partial charge in [-0.15, -0.1) is 0 Å². The molecule has 1 saturated carbocycles. The number of hydrogen-bond donors (Lipinski definition) is 3. The first kappa shape index (κ1) is 17.2. The van der Waals surface area contributed by atoms with E-state index in [-0.39, 0.29) is 12.2 Å². The van der Waals surface area contributed by atoms with E-state index in [1.807, 2.05) is 20.8 Å². The molecule has 0 heterocycles. The molecule has 2 atom stereocenters. The van der Waals surface area contributed by atoms with Gasteiger partial charge in [0.2, 0.25) is 0 Å². The number of carbonyl (C=O) groups excluding carboxylic acids is 1. The highest BCUT2D eigenvalue weighted by molar-refractivity contribution is 5.67. The molecule has 1 aliphatic carbocycles.